The van der Waals surface area contributed by atoms with E-state index in [9.17, 15) is 24.3 Å². The molecule has 89 heavy (non-hydrogen) atoms. The minimum Gasteiger partial charge on any atom is -0.510 e. The highest BCUT2D eigenvalue weighted by Gasteiger charge is 2.40. The average molecular weight is 1240 g/mol. The number of methoxy groups -OCH3 is 2. The molecule has 8 rings (SSSR count). The van der Waals surface area contributed by atoms with Crippen molar-refractivity contribution < 1.29 is 70.7 Å². The van der Waals surface area contributed by atoms with Crippen LogP contribution in [0.25, 0.3) is 0 Å². The van der Waals surface area contributed by atoms with Gasteiger partial charge in [-0.15, -0.1) is 0 Å². The summed E-state index contributed by atoms with van der Waals surface area (Å²) in [7, 11) is -2.15. The Morgan fingerprint density at radius 3 is 1.11 bits per heavy atom. The van der Waals surface area contributed by atoms with Crippen molar-refractivity contribution >= 4 is 41.3 Å². The summed E-state index contributed by atoms with van der Waals surface area (Å²) in [4.78, 5) is 47.3. The number of ether oxygens (including phenoxy) is 8. The van der Waals surface area contributed by atoms with Gasteiger partial charge in [-0.3, -0.25) is 4.79 Å². The number of carbonyl (C=O) groups is 4. The van der Waals surface area contributed by atoms with Crippen molar-refractivity contribution in [1.82, 2.24) is 0 Å². The van der Waals surface area contributed by atoms with Crippen LogP contribution < -0.4 is 43.0 Å². The van der Waals surface area contributed by atoms with Gasteiger partial charge in [0.15, 0.2) is 19.8 Å². The zero-order chi connectivity index (χ0) is 65.0. The first-order valence-electron chi connectivity index (χ1n) is 29.1. The van der Waals surface area contributed by atoms with E-state index < -0.39 is 40.9 Å². The van der Waals surface area contributed by atoms with Crippen molar-refractivity contribution in [2.45, 2.75) is 116 Å². The van der Waals surface area contributed by atoms with Crippen molar-refractivity contribution in [3.63, 3.8) is 0 Å². The third kappa shape index (κ3) is 18.3. The Balaban J connectivity index is 0.000000264. The Kier molecular flexibility index (Phi) is 21.6. The van der Waals surface area contributed by atoms with E-state index in [-0.39, 0.29) is 33.7 Å². The van der Waals surface area contributed by atoms with Gasteiger partial charge in [-0.25, -0.2) is 9.59 Å². The first-order chi connectivity index (χ1) is 41.9. The van der Waals surface area contributed by atoms with Crippen LogP contribution in [0.3, 0.4) is 0 Å². The average Bonchev–Trinajstić information content (AvgIpc) is 3.68. The number of hydrogen-bond acceptors (Lipinski definition) is 15. The zero-order valence-electron chi connectivity index (χ0n) is 53.3. The molecular weight excluding hydrogens is 1160 g/mol. The predicted molar refractivity (Wildman–Crippen MR) is 346 cm³/mol. The van der Waals surface area contributed by atoms with Crippen LogP contribution in [-0.4, -0.2) is 55.5 Å². The molecule has 0 spiro atoms. The van der Waals surface area contributed by atoms with E-state index in [0.29, 0.717) is 40.5 Å². The Bertz CT molecular complexity index is 3690. The molecule has 0 aliphatic heterocycles. The molecule has 0 radical (unpaired) electrons. The maximum Gasteiger partial charge on any atom is 0.519 e. The summed E-state index contributed by atoms with van der Waals surface area (Å²) in [5.74, 6) is 2.23. The van der Waals surface area contributed by atoms with Gasteiger partial charge >= 0.3 is 26.8 Å². The second-order valence-corrected chi connectivity index (χ2v) is 32.2. The summed E-state index contributed by atoms with van der Waals surface area (Å²) in [6.45, 7) is 26.3. The molecule has 8 aromatic rings. The second-order valence-electron chi connectivity index (χ2n) is 24.5. The van der Waals surface area contributed by atoms with Crippen LogP contribution in [0.1, 0.15) is 107 Å². The third-order valence-electron chi connectivity index (χ3n) is 15.3. The molecule has 0 amide bonds. The van der Waals surface area contributed by atoms with Crippen LogP contribution in [0, 0.1) is 0 Å². The summed E-state index contributed by atoms with van der Waals surface area (Å²) in [5, 5.41) is 10.9. The van der Waals surface area contributed by atoms with Crippen molar-refractivity contribution in [1.29, 1.82) is 0 Å². The van der Waals surface area contributed by atoms with Gasteiger partial charge < -0.3 is 56.3 Å². The molecule has 0 bridgehead atoms. The highest BCUT2D eigenvalue weighted by atomic mass is 28.4. The molecule has 0 atom stereocenters. The smallest absolute Gasteiger partial charge is 0.510 e. The SMILES string of the molecule is CC(=O)Oc1ccc(C(C)(C)c2ccc(OC(=O)Oc3ccc(C(C)(C)c4ccccc4)cc3)cc2)cc1.COc1cc(C[Si](C)(C)O[Si](C)(C)OC(C)(C)c2ccc(OC(=O)Oc3ccc(C(C)(C)c4ccccc4)cc3)c(OC)c2)ccc1OC(=O)[O-]. The number of esters is 1. The van der Waals surface area contributed by atoms with Gasteiger partial charge in [0, 0.05) is 23.2 Å². The Hall–Kier alpha value is -9.01. The van der Waals surface area contributed by atoms with Gasteiger partial charge in [0.05, 0.1) is 25.6 Å². The van der Waals surface area contributed by atoms with Gasteiger partial charge in [-0.1, -0.05) is 163 Å². The van der Waals surface area contributed by atoms with Crippen molar-refractivity contribution in [2.75, 3.05) is 14.2 Å². The van der Waals surface area contributed by atoms with Crippen LogP contribution in [-0.2, 0) is 41.2 Å². The highest BCUT2D eigenvalue weighted by Crippen LogP contribution is 2.40. The van der Waals surface area contributed by atoms with Gasteiger partial charge in [-0.2, -0.15) is 0 Å². The van der Waals surface area contributed by atoms with Gasteiger partial charge in [0.1, 0.15) is 28.7 Å². The van der Waals surface area contributed by atoms with Crippen molar-refractivity contribution in [2.24, 2.45) is 0 Å². The lowest BCUT2D eigenvalue weighted by atomic mass is 9.78. The molecule has 0 aromatic heterocycles. The molecule has 0 N–H and O–H groups in total. The summed E-state index contributed by atoms with van der Waals surface area (Å²) in [6, 6.07) is 61.1. The van der Waals surface area contributed by atoms with E-state index in [1.807, 2.05) is 118 Å². The fraction of sp³-hybridized carbons (Fsp3) is 0.278. The molecule has 15 nitrogen and oxygen atoms in total. The molecule has 0 aliphatic rings. The number of carbonyl (C=O) groups excluding carboxylic acids is 4. The van der Waals surface area contributed by atoms with Crippen LogP contribution in [0.5, 0.6) is 46.0 Å². The van der Waals surface area contributed by atoms with Crippen LogP contribution >= 0.6 is 0 Å². The fourth-order valence-electron chi connectivity index (χ4n) is 10.6. The van der Waals surface area contributed by atoms with E-state index >= 15 is 0 Å². The summed E-state index contributed by atoms with van der Waals surface area (Å²) in [6.07, 6.45) is -3.35. The lowest BCUT2D eigenvalue weighted by Gasteiger charge is -2.39. The lowest BCUT2D eigenvalue weighted by Crippen LogP contribution is -2.51. The van der Waals surface area contributed by atoms with Gasteiger partial charge in [0.25, 0.3) is 6.16 Å². The van der Waals surface area contributed by atoms with Crippen LogP contribution in [0.2, 0.25) is 26.2 Å². The van der Waals surface area contributed by atoms with Gasteiger partial charge in [0.2, 0.25) is 0 Å². The summed E-state index contributed by atoms with van der Waals surface area (Å²) >= 11 is 0. The molecule has 0 fully saturated rings. The highest BCUT2D eigenvalue weighted by molar-refractivity contribution is 6.81. The number of carboxylic acid groups (broad SMARTS) is 1. The summed E-state index contributed by atoms with van der Waals surface area (Å²) in [5.41, 5.74) is 6.89. The molecule has 0 unspecified atom stereocenters. The molecular formula is C72H79O15Si2-. The predicted octanol–water partition coefficient (Wildman–Crippen LogP) is 16.1. The Labute approximate surface area is 524 Å². The Morgan fingerprint density at radius 1 is 0.393 bits per heavy atom. The largest absolute Gasteiger partial charge is 0.519 e. The number of benzene rings is 8. The van der Waals surface area contributed by atoms with Crippen molar-refractivity contribution in [3.8, 4) is 46.0 Å². The zero-order valence-corrected chi connectivity index (χ0v) is 55.3. The topological polar surface area (TPSA) is 184 Å². The minimum atomic E-state index is -2.74. The van der Waals surface area contributed by atoms with E-state index in [4.69, 9.17) is 46.4 Å². The van der Waals surface area contributed by atoms with E-state index in [1.54, 1.807) is 78.9 Å². The first-order valence-corrected chi connectivity index (χ1v) is 35.0. The maximum atomic E-state index is 12.8. The normalized spacial score (nSPS) is 11.9. The lowest BCUT2D eigenvalue weighted by molar-refractivity contribution is -0.271. The van der Waals surface area contributed by atoms with Crippen LogP contribution in [0.4, 0.5) is 14.4 Å². The van der Waals surface area contributed by atoms with Gasteiger partial charge in [-0.05, 0) is 163 Å². The molecule has 17 heteroatoms. The molecule has 0 heterocycles. The minimum absolute atomic E-state index is 0.0683. The fourth-order valence-corrected chi connectivity index (χ4v) is 18.9. The quantitative estimate of drug-likeness (QED) is 0.0286. The summed E-state index contributed by atoms with van der Waals surface area (Å²) < 4.78 is 56.0. The molecule has 0 saturated carbocycles. The second kappa shape index (κ2) is 28.4. The monoisotopic (exact) mass is 1240 g/mol. The third-order valence-corrected chi connectivity index (χ3v) is 21.7. The Morgan fingerprint density at radius 2 is 0.730 bits per heavy atom. The number of hydrogen-bond donors (Lipinski definition) is 0. The van der Waals surface area contributed by atoms with Crippen molar-refractivity contribution in [3.05, 3.63) is 239 Å². The molecule has 0 aliphatic carbocycles. The number of rotatable bonds is 21. The molecule has 466 valence electrons. The van der Waals surface area contributed by atoms with Crippen LogP contribution in [0.15, 0.2) is 194 Å². The van der Waals surface area contributed by atoms with E-state index in [0.717, 1.165) is 33.4 Å². The van der Waals surface area contributed by atoms with E-state index in [1.165, 1.54) is 32.3 Å². The molecule has 0 saturated heterocycles. The standard InChI is InChI=1S/C39H48O10Si2.C33H32O5/c1-38(2,28-14-12-11-13-15-28)29-17-20-31(21-18-29)45-37(42)47-33-23-19-30(25-35(33)44-6)39(3,4)48-51(9,10)49-50(7,8)26-27-16-22-32(46-36(40)41)34(24-27)43-5;1-23(34)36-28-17-11-26(12-18-28)33(4,5)27-15-21-30(22-16-27)38-31(35)37-29-19-13-25(14-20-29)32(2,3)24-9-7-6-8-10-24/h11-25H,26H2,1-10H3,(H,40,41);6-22H,1-5H3/p-1. The van der Waals surface area contributed by atoms with E-state index in [2.05, 4.69) is 78.9 Å². The first kappa shape index (κ1) is 67.5. The molecule has 8 aromatic carbocycles. The maximum absolute atomic E-state index is 12.8.